The standard InChI is InChI=1S/C25H20ClNO7S/c1-2-31-21-14-16(9-10-19(21)34-24(29)20-8-5-12-32-20)15-22-23(28)27(25(30)35-22)11-13-33-18-7-4-3-6-17(18)26/h3-10,12,14-15H,2,11,13H2,1H3/b22-15-. The molecule has 1 aromatic heterocycles. The molecule has 0 atom stereocenters. The van der Waals surface area contributed by atoms with E-state index < -0.39 is 17.1 Å². The second-order valence-electron chi connectivity index (χ2n) is 7.12. The van der Waals surface area contributed by atoms with Gasteiger partial charge >= 0.3 is 5.97 Å². The molecule has 1 aliphatic heterocycles. The molecule has 2 amide bonds. The van der Waals surface area contributed by atoms with Gasteiger partial charge in [-0.2, -0.15) is 0 Å². The van der Waals surface area contributed by atoms with Gasteiger partial charge in [-0.25, -0.2) is 4.79 Å². The largest absolute Gasteiger partial charge is 0.490 e. The Bertz CT molecular complexity index is 1270. The Labute approximate surface area is 210 Å². The number of esters is 1. The molecule has 1 fully saturated rings. The summed E-state index contributed by atoms with van der Waals surface area (Å²) in [4.78, 5) is 38.8. The van der Waals surface area contributed by atoms with E-state index in [1.807, 2.05) is 0 Å². The Balaban J connectivity index is 1.44. The molecule has 0 unspecified atom stereocenters. The highest BCUT2D eigenvalue weighted by Crippen LogP contribution is 2.35. The second-order valence-corrected chi connectivity index (χ2v) is 8.52. The number of nitrogens with zero attached hydrogens (tertiary/aromatic N) is 1. The summed E-state index contributed by atoms with van der Waals surface area (Å²) in [6.07, 6.45) is 2.96. The lowest BCUT2D eigenvalue weighted by Crippen LogP contribution is -2.32. The topological polar surface area (TPSA) is 95.3 Å². The number of benzene rings is 2. The molecule has 35 heavy (non-hydrogen) atoms. The van der Waals surface area contributed by atoms with Crippen molar-refractivity contribution >= 4 is 46.6 Å². The molecule has 1 saturated heterocycles. The molecule has 2 aromatic carbocycles. The Hall–Kier alpha value is -3.69. The Morgan fingerprint density at radius 3 is 2.63 bits per heavy atom. The van der Waals surface area contributed by atoms with Gasteiger partial charge in [0.1, 0.15) is 12.4 Å². The third kappa shape index (κ3) is 5.87. The molecule has 0 N–H and O–H groups in total. The van der Waals surface area contributed by atoms with Crippen LogP contribution in [0.5, 0.6) is 17.2 Å². The van der Waals surface area contributed by atoms with Crippen LogP contribution in [0.4, 0.5) is 4.79 Å². The van der Waals surface area contributed by atoms with Crippen molar-refractivity contribution in [1.29, 1.82) is 0 Å². The molecule has 0 aliphatic carbocycles. The highest BCUT2D eigenvalue weighted by atomic mass is 35.5. The first-order chi connectivity index (χ1) is 17.0. The number of furan rings is 1. The first-order valence-corrected chi connectivity index (χ1v) is 11.8. The van der Waals surface area contributed by atoms with Crippen LogP contribution in [0.25, 0.3) is 6.08 Å². The van der Waals surface area contributed by atoms with E-state index in [1.165, 1.54) is 12.3 Å². The zero-order chi connectivity index (χ0) is 24.8. The van der Waals surface area contributed by atoms with Gasteiger partial charge < -0.3 is 18.6 Å². The van der Waals surface area contributed by atoms with Crippen molar-refractivity contribution in [3.05, 3.63) is 82.1 Å². The smallest absolute Gasteiger partial charge is 0.379 e. The summed E-state index contributed by atoms with van der Waals surface area (Å²) in [5.74, 6) is -0.0293. The number of rotatable bonds is 9. The third-order valence-corrected chi connectivity index (χ3v) is 5.99. The minimum Gasteiger partial charge on any atom is -0.490 e. The summed E-state index contributed by atoms with van der Waals surface area (Å²) in [5.41, 5.74) is 0.601. The van der Waals surface area contributed by atoms with Crippen LogP contribution in [0.1, 0.15) is 23.0 Å². The van der Waals surface area contributed by atoms with Crippen molar-refractivity contribution in [1.82, 2.24) is 4.90 Å². The average molecular weight is 514 g/mol. The van der Waals surface area contributed by atoms with Crippen LogP contribution in [0, 0.1) is 0 Å². The maximum Gasteiger partial charge on any atom is 0.379 e. The Morgan fingerprint density at radius 1 is 1.06 bits per heavy atom. The van der Waals surface area contributed by atoms with Gasteiger partial charge in [0.05, 0.1) is 29.3 Å². The molecular weight excluding hydrogens is 494 g/mol. The fourth-order valence-electron chi connectivity index (χ4n) is 3.16. The van der Waals surface area contributed by atoms with Gasteiger partial charge in [-0.3, -0.25) is 14.5 Å². The maximum atomic E-state index is 12.8. The van der Waals surface area contributed by atoms with Crippen molar-refractivity contribution in [2.24, 2.45) is 0 Å². The van der Waals surface area contributed by atoms with Gasteiger partial charge in [-0.1, -0.05) is 29.8 Å². The number of halogens is 1. The van der Waals surface area contributed by atoms with Gasteiger partial charge in [-0.05, 0) is 66.7 Å². The van der Waals surface area contributed by atoms with E-state index in [-0.39, 0.29) is 29.6 Å². The van der Waals surface area contributed by atoms with E-state index in [1.54, 1.807) is 61.5 Å². The number of carbonyl (C=O) groups excluding carboxylic acids is 3. The molecule has 0 spiro atoms. The molecule has 180 valence electrons. The van der Waals surface area contributed by atoms with Crippen molar-refractivity contribution in [3.8, 4) is 17.2 Å². The zero-order valence-corrected chi connectivity index (χ0v) is 20.1. The van der Waals surface area contributed by atoms with Crippen LogP contribution in [-0.4, -0.2) is 41.8 Å². The number of imide groups is 1. The number of thioether (sulfide) groups is 1. The summed E-state index contributed by atoms with van der Waals surface area (Å²) < 4.78 is 21.6. The van der Waals surface area contributed by atoms with Gasteiger partial charge in [0.2, 0.25) is 5.76 Å². The molecule has 10 heteroatoms. The summed E-state index contributed by atoms with van der Waals surface area (Å²) >= 11 is 6.90. The van der Waals surface area contributed by atoms with E-state index in [2.05, 4.69) is 0 Å². The first-order valence-electron chi connectivity index (χ1n) is 10.6. The molecule has 0 saturated carbocycles. The average Bonchev–Trinajstić information content (AvgIpc) is 3.47. The SMILES string of the molecule is CCOc1cc(/C=C2\SC(=O)N(CCOc3ccccc3Cl)C2=O)ccc1OC(=O)c1ccco1. The number of amides is 2. The molecular formula is C25H20ClNO7S. The monoisotopic (exact) mass is 513 g/mol. The molecule has 8 nitrogen and oxygen atoms in total. The first kappa shape index (κ1) is 24.4. The predicted molar refractivity (Wildman–Crippen MR) is 131 cm³/mol. The fraction of sp³-hybridized carbons (Fsp3) is 0.160. The quantitative estimate of drug-likeness (QED) is 0.205. The van der Waals surface area contributed by atoms with Crippen LogP contribution in [0.2, 0.25) is 5.02 Å². The van der Waals surface area contributed by atoms with Gasteiger partial charge in [-0.15, -0.1) is 0 Å². The maximum absolute atomic E-state index is 12.8. The summed E-state index contributed by atoms with van der Waals surface area (Å²) in [7, 11) is 0. The molecule has 3 aromatic rings. The zero-order valence-electron chi connectivity index (χ0n) is 18.6. The number of hydrogen-bond acceptors (Lipinski definition) is 8. The molecule has 2 heterocycles. The van der Waals surface area contributed by atoms with Gasteiger partial charge in [0, 0.05) is 0 Å². The lowest BCUT2D eigenvalue weighted by Gasteiger charge is -2.13. The number of para-hydroxylation sites is 1. The normalized spacial score (nSPS) is 14.5. The second kappa shape index (κ2) is 11.2. The molecule has 0 radical (unpaired) electrons. The van der Waals surface area contributed by atoms with Crippen LogP contribution < -0.4 is 14.2 Å². The Kier molecular flexibility index (Phi) is 7.79. The highest BCUT2D eigenvalue weighted by molar-refractivity contribution is 8.18. The Morgan fingerprint density at radius 2 is 1.89 bits per heavy atom. The number of carbonyl (C=O) groups is 3. The van der Waals surface area contributed by atoms with Crippen LogP contribution in [0.15, 0.2) is 70.2 Å². The molecule has 4 rings (SSSR count). The van der Waals surface area contributed by atoms with Crippen molar-refractivity contribution < 1.29 is 33.0 Å². The summed E-state index contributed by atoms with van der Waals surface area (Å²) in [6.45, 7) is 2.32. The van der Waals surface area contributed by atoms with Gasteiger partial charge in [0.25, 0.3) is 11.1 Å². The van der Waals surface area contributed by atoms with Crippen LogP contribution in [-0.2, 0) is 4.79 Å². The lowest BCUT2D eigenvalue weighted by molar-refractivity contribution is -0.123. The van der Waals surface area contributed by atoms with E-state index in [4.69, 9.17) is 30.2 Å². The summed E-state index contributed by atoms with van der Waals surface area (Å²) in [6, 6.07) is 14.9. The highest BCUT2D eigenvalue weighted by Gasteiger charge is 2.35. The van der Waals surface area contributed by atoms with Crippen LogP contribution in [0.3, 0.4) is 0 Å². The van der Waals surface area contributed by atoms with Crippen LogP contribution >= 0.6 is 23.4 Å². The van der Waals surface area contributed by atoms with E-state index in [9.17, 15) is 14.4 Å². The van der Waals surface area contributed by atoms with E-state index in [0.717, 1.165) is 16.7 Å². The lowest BCUT2D eigenvalue weighted by atomic mass is 10.2. The van der Waals surface area contributed by atoms with E-state index in [0.29, 0.717) is 28.7 Å². The molecule has 0 bridgehead atoms. The van der Waals surface area contributed by atoms with Crippen molar-refractivity contribution in [2.45, 2.75) is 6.92 Å². The number of ether oxygens (including phenoxy) is 3. The number of hydrogen-bond donors (Lipinski definition) is 0. The minimum atomic E-state index is -0.663. The fourth-order valence-corrected chi connectivity index (χ4v) is 4.22. The minimum absolute atomic E-state index is 0.0590. The molecule has 1 aliphatic rings. The summed E-state index contributed by atoms with van der Waals surface area (Å²) in [5, 5.41) is 0.0583. The van der Waals surface area contributed by atoms with E-state index >= 15 is 0 Å². The van der Waals surface area contributed by atoms with Crippen molar-refractivity contribution in [2.75, 3.05) is 19.8 Å². The van der Waals surface area contributed by atoms with Crippen molar-refractivity contribution in [3.63, 3.8) is 0 Å². The predicted octanol–water partition coefficient (Wildman–Crippen LogP) is 5.67. The third-order valence-electron chi connectivity index (χ3n) is 4.77. The van der Waals surface area contributed by atoms with Gasteiger partial charge in [0.15, 0.2) is 11.5 Å².